The number of nitrogen functional groups attached to an aromatic ring is 1. The summed E-state index contributed by atoms with van der Waals surface area (Å²) in [5.74, 6) is -1.56. The highest BCUT2D eigenvalue weighted by atomic mass is 35.5. The van der Waals surface area contributed by atoms with E-state index in [1.54, 1.807) is 111 Å². The Morgan fingerprint density at radius 2 is 0.919 bits per heavy atom. The Kier molecular flexibility index (Phi) is 40.2. The monoisotopic (exact) mass is 1900 g/mol. The number of amides is 2. The van der Waals surface area contributed by atoms with Crippen LogP contribution in [0.2, 0.25) is 15.5 Å². The van der Waals surface area contributed by atoms with Gasteiger partial charge < -0.3 is 24.7 Å². The summed E-state index contributed by atoms with van der Waals surface area (Å²) in [5, 5.41) is 21.7. The van der Waals surface area contributed by atoms with Crippen LogP contribution in [0.5, 0.6) is 0 Å². The minimum atomic E-state index is -2.51. The Labute approximate surface area is 744 Å². The molecule has 12 rings (SSSR count). The molecule has 0 saturated carbocycles. The number of fused-ring (bicyclic) bond motifs is 2. The molecule has 0 aromatic carbocycles. The molecule has 0 atom stereocenters. The first kappa shape index (κ1) is 103. The molecule has 0 unspecified atom stereocenters. The van der Waals surface area contributed by atoms with Crippen LogP contribution in [0.25, 0.3) is 0 Å². The van der Waals surface area contributed by atoms with Gasteiger partial charge in [-0.2, -0.15) is 15.3 Å². The van der Waals surface area contributed by atoms with Crippen LogP contribution in [-0.4, -0.2) is 153 Å². The fourth-order valence-electron chi connectivity index (χ4n) is 11.5. The Hall–Kier alpha value is -10.5. The smallest absolute Gasteiger partial charge is 0.366 e. The van der Waals surface area contributed by atoms with E-state index in [4.69, 9.17) is 130 Å². The topological polar surface area (TPSA) is 380 Å². The average molecular weight is 1900 g/mol. The molecule has 2 amide bonds. The highest BCUT2D eigenvalue weighted by Crippen LogP contribution is 2.43. The number of aromatic nitrogens is 15. The SMILES string of the molecule is CCOC(=O)c1c(C)cc(Cl)nc1CCl.CCOC(=O)c1c(C)cc[n+](O)c1CCl.CCOC(=O)c1c(C)ccnc1C.CCOC(=O)c1c(C)ccnc1CCl.Cc1cc(Cl)nc2c1C(=O)N(c1cnn(CC(F)F)c1)C2.Cc1cc(Cl)nc2c1C(=O)N(c1cnn(CC(F)F)c1)C2(C)C.Nc1cnn(CC(F)F)c1.O=c1n(Cl)c(=O)n(Cl)c(=O)n1Cl. The van der Waals surface area contributed by atoms with E-state index in [2.05, 4.69) is 40.2 Å². The van der Waals surface area contributed by atoms with E-state index in [9.17, 15) is 74.7 Å². The third-order valence-corrected chi connectivity index (χ3v) is 19.0. The molecule has 2 aliphatic rings. The third-order valence-electron chi connectivity index (χ3n) is 16.8. The van der Waals surface area contributed by atoms with Gasteiger partial charge >= 0.3 is 40.9 Å². The maximum absolute atomic E-state index is 12.8. The second kappa shape index (κ2) is 48.0. The molecule has 10 aromatic rings. The summed E-state index contributed by atoms with van der Waals surface area (Å²) >= 11 is 50.0. The van der Waals surface area contributed by atoms with Crippen molar-refractivity contribution in [1.82, 2.24) is 66.5 Å². The van der Waals surface area contributed by atoms with Gasteiger partial charge in [0, 0.05) is 77.1 Å². The number of hydrogen-bond acceptors (Lipinski definition) is 23. The van der Waals surface area contributed by atoms with Crippen molar-refractivity contribution in [3.05, 3.63) is 240 Å². The number of rotatable bonds is 19. The summed E-state index contributed by atoms with van der Waals surface area (Å²) in [6, 6.07) is 10.1. The lowest BCUT2D eigenvalue weighted by atomic mass is 9.97. The summed E-state index contributed by atoms with van der Waals surface area (Å²) in [4.78, 5) is 127. The Balaban J connectivity index is 0.000000253. The first-order valence-electron chi connectivity index (χ1n) is 36.2. The van der Waals surface area contributed by atoms with E-state index in [-0.39, 0.29) is 60.2 Å². The van der Waals surface area contributed by atoms with Crippen molar-refractivity contribution in [3.63, 3.8) is 0 Å². The van der Waals surface area contributed by atoms with Crippen LogP contribution < -0.4 is 37.3 Å². The highest BCUT2D eigenvalue weighted by molar-refractivity contribution is 6.30. The number of carbonyl (C=O) groups is 6. The van der Waals surface area contributed by atoms with Gasteiger partial charge in [-0.05, 0) is 154 Å². The molecule has 3 N–H and O–H groups in total. The minimum absolute atomic E-state index is 0.0479. The zero-order valence-electron chi connectivity index (χ0n) is 67.8. The van der Waals surface area contributed by atoms with Gasteiger partial charge in [-0.25, -0.2) is 74.9 Å². The van der Waals surface area contributed by atoms with Gasteiger partial charge in [-0.15, -0.1) is 47.1 Å². The average Bonchev–Trinajstić information content (AvgIpc) is 1.57. The summed E-state index contributed by atoms with van der Waals surface area (Å²) < 4.78 is 96.9. The molecule has 0 saturated heterocycles. The second-order valence-electron chi connectivity index (χ2n) is 25.9. The number of ether oxygens (including phenoxy) is 4. The van der Waals surface area contributed by atoms with Gasteiger partial charge in [0.15, 0.2) is 0 Å². The number of aryl methyl sites for hydroxylation is 7. The molecule has 10 aromatic heterocycles. The number of nitrogens with two attached hydrogens (primary N) is 1. The normalized spacial score (nSPS) is 12.0. The first-order valence-corrected chi connectivity index (χ1v) is 39.9. The molecule has 47 heteroatoms. The van der Waals surface area contributed by atoms with Crippen LogP contribution >= 0.6 is 105 Å². The van der Waals surface area contributed by atoms with Crippen molar-refractivity contribution < 1.29 is 84.0 Å². The predicted molar refractivity (Wildman–Crippen MR) is 448 cm³/mol. The standard InChI is InChI=1S/C15H15ClF2N4O.C13H11ClF2N4O.C10H11Cl2NO2.C10H13ClNO3.C10H12ClNO2.C10H13NO2.C5H7F2N3.C3Cl3N3O3/c1-8-4-10(16)20-13-12(8)14(23)22(15(13,2)3)9-5-19-21(6-9)7-11(17)18;1-7-2-10(14)18-9-5-20(13(21)12(7)9)8-3-17-19(4-8)6-11(15)16;1-3-15-10(14)9-6(2)4-8(12)13-7(9)5-11;1-3-15-10(13)9-7(2)4-5-12(14)8(9)6-11;1-3-14-10(13)9-7(2)4-5-12-8(9)6-11;1-4-13-10(12)9-7(2)5-6-11-8(9)3;6-5(7)3-10-2-4(8)1-9-10;4-7-1(10)8(5)3(12)9(6)2(7)11/h4-6,11H,7H2,1-3H3;2-4,11H,5-6H2,1H3;4H,3,5H2,1-2H3;4-5,14H,3,6H2,1-2H3;4-5H,3,6H2,1-2H3;5-6H,4H2,1-3H3;1-2,5H,3,8H2;/q;;;+1;;;;. The molecule has 0 aliphatic carbocycles. The van der Waals surface area contributed by atoms with Crippen LogP contribution in [0.4, 0.5) is 43.4 Å². The summed E-state index contributed by atoms with van der Waals surface area (Å²) in [6.07, 6.45) is 5.75. The highest BCUT2D eigenvalue weighted by Gasteiger charge is 2.47. The van der Waals surface area contributed by atoms with Crippen molar-refractivity contribution >= 4 is 158 Å². The Morgan fingerprint density at radius 3 is 1.38 bits per heavy atom. The number of pyridine rings is 6. The van der Waals surface area contributed by atoms with Crippen LogP contribution in [0.15, 0.2) is 107 Å². The molecule has 0 spiro atoms. The van der Waals surface area contributed by atoms with Gasteiger partial charge in [-0.3, -0.25) is 48.6 Å². The predicted octanol–water partition coefficient (Wildman–Crippen LogP) is 14.5. The summed E-state index contributed by atoms with van der Waals surface area (Å²) in [7, 11) is 0. The summed E-state index contributed by atoms with van der Waals surface area (Å²) in [5.41, 5.74) is 13.1. The van der Waals surface area contributed by atoms with E-state index in [0.717, 1.165) is 57.9 Å². The minimum Gasteiger partial charge on any atom is -0.462 e. The van der Waals surface area contributed by atoms with Crippen molar-refractivity contribution in [2.45, 2.75) is 159 Å². The van der Waals surface area contributed by atoms with Gasteiger partial charge in [0.2, 0.25) is 6.20 Å². The van der Waals surface area contributed by atoms with Gasteiger partial charge in [0.1, 0.15) is 46.5 Å². The van der Waals surface area contributed by atoms with Gasteiger partial charge in [0.05, 0.1) is 142 Å². The first-order chi connectivity index (χ1) is 57.9. The third kappa shape index (κ3) is 27.8. The van der Waals surface area contributed by atoms with Crippen LogP contribution in [0.1, 0.15) is 171 Å². The van der Waals surface area contributed by atoms with E-state index in [0.29, 0.717) is 121 Å². The molecular formula is C76H82Cl9F6N18O14+. The van der Waals surface area contributed by atoms with Crippen molar-refractivity contribution in [3.8, 4) is 0 Å². The van der Waals surface area contributed by atoms with Crippen molar-refractivity contribution in [1.29, 1.82) is 0 Å². The Bertz CT molecular complexity index is 5480. The molecule has 0 radical (unpaired) electrons. The van der Waals surface area contributed by atoms with Crippen LogP contribution in [0.3, 0.4) is 0 Å². The number of hydrogen-bond donors (Lipinski definition) is 2. The van der Waals surface area contributed by atoms with E-state index < -0.39 is 73.5 Å². The fourth-order valence-corrected chi connectivity index (χ4v) is 13.5. The van der Waals surface area contributed by atoms with Crippen molar-refractivity contribution in [2.24, 2.45) is 0 Å². The maximum atomic E-state index is 12.8. The van der Waals surface area contributed by atoms with E-state index >= 15 is 0 Å². The fraction of sp³-hybridized carbons (Fsp3) is 0.368. The zero-order chi connectivity index (χ0) is 92.4. The second-order valence-corrected chi connectivity index (χ2v) is 28.9. The van der Waals surface area contributed by atoms with Crippen LogP contribution in [-0.2, 0) is 68.3 Å². The van der Waals surface area contributed by atoms with Gasteiger partial charge in [0.25, 0.3) is 36.8 Å². The molecular weight excluding hydrogens is 1820 g/mol. The largest absolute Gasteiger partial charge is 0.462 e. The molecule has 12 heterocycles. The number of anilines is 3. The molecule has 123 heavy (non-hydrogen) atoms. The Morgan fingerprint density at radius 1 is 0.512 bits per heavy atom. The molecule has 0 fully saturated rings. The zero-order valence-corrected chi connectivity index (χ0v) is 74.6. The lowest BCUT2D eigenvalue weighted by molar-refractivity contribution is -0.909. The lowest BCUT2D eigenvalue weighted by Gasteiger charge is -2.30. The van der Waals surface area contributed by atoms with Crippen LogP contribution in [0, 0.1) is 48.5 Å². The van der Waals surface area contributed by atoms with E-state index in [1.807, 2.05) is 27.7 Å². The maximum Gasteiger partial charge on any atom is 0.366 e. The number of esters is 4. The van der Waals surface area contributed by atoms with Gasteiger partial charge in [-0.1, -0.05) is 34.8 Å². The number of carbonyl (C=O) groups excluding carboxylic acids is 6. The lowest BCUT2D eigenvalue weighted by Crippen LogP contribution is -2.47. The number of halogens is 15. The van der Waals surface area contributed by atoms with Crippen molar-refractivity contribution in [2.75, 3.05) is 42.0 Å². The quantitative estimate of drug-likeness (QED) is 0.0144. The molecule has 2 aliphatic heterocycles. The molecule has 32 nitrogen and oxygen atoms in total. The number of alkyl halides is 9. The molecule has 664 valence electrons. The molecule has 0 bridgehead atoms. The van der Waals surface area contributed by atoms with E-state index in [1.165, 1.54) is 53.2 Å². The summed E-state index contributed by atoms with van der Waals surface area (Å²) in [6.45, 7) is 23.6. The number of nitrogens with zero attached hydrogens (tertiary/aromatic N) is 17.